The Kier molecular flexibility index (Phi) is 6.53. The fourth-order valence-corrected chi connectivity index (χ4v) is 0.955. The molecule has 0 saturated heterocycles. The van der Waals surface area contributed by atoms with Crippen LogP contribution in [0.3, 0.4) is 0 Å². The molecule has 0 fully saturated rings. The lowest BCUT2D eigenvalue weighted by Crippen LogP contribution is -2.27. The minimum atomic E-state index is -0.145. The lowest BCUT2D eigenvalue weighted by atomic mass is 10.1. The van der Waals surface area contributed by atoms with Gasteiger partial charge >= 0.3 is 0 Å². The van der Waals surface area contributed by atoms with E-state index in [4.69, 9.17) is 9.47 Å². The Morgan fingerprint density at radius 2 is 1.60 bits per heavy atom. The molecule has 0 amide bonds. The third kappa shape index (κ3) is 9.70. The summed E-state index contributed by atoms with van der Waals surface area (Å²) in [5.41, 5.74) is 1.95. The SMILES string of the molecule is C=C(C)COCCC(C)(C)OCC(=C)C. The Morgan fingerprint density at radius 1 is 1.07 bits per heavy atom. The molecule has 2 nitrogen and oxygen atoms in total. The first kappa shape index (κ1) is 14.4. The molecule has 0 aliphatic heterocycles. The average molecular weight is 212 g/mol. The van der Waals surface area contributed by atoms with E-state index in [1.165, 1.54) is 0 Å². The van der Waals surface area contributed by atoms with Crippen LogP contribution < -0.4 is 0 Å². The Hall–Kier alpha value is -0.600. The number of rotatable bonds is 8. The van der Waals surface area contributed by atoms with E-state index in [0.717, 1.165) is 17.6 Å². The van der Waals surface area contributed by atoms with Crippen LogP contribution >= 0.6 is 0 Å². The van der Waals surface area contributed by atoms with Crippen LogP contribution in [0.4, 0.5) is 0 Å². The van der Waals surface area contributed by atoms with E-state index in [0.29, 0.717) is 19.8 Å². The van der Waals surface area contributed by atoms with Gasteiger partial charge in [0.25, 0.3) is 0 Å². The summed E-state index contributed by atoms with van der Waals surface area (Å²) >= 11 is 0. The Labute approximate surface area is 94.0 Å². The maximum Gasteiger partial charge on any atom is 0.0678 e. The van der Waals surface area contributed by atoms with Gasteiger partial charge in [0.15, 0.2) is 0 Å². The number of ether oxygens (including phenoxy) is 2. The summed E-state index contributed by atoms with van der Waals surface area (Å²) in [6.45, 7) is 17.6. The average Bonchev–Trinajstić information content (AvgIpc) is 2.09. The molecule has 88 valence electrons. The zero-order chi connectivity index (χ0) is 11.9. The van der Waals surface area contributed by atoms with Crippen LogP contribution in [0.25, 0.3) is 0 Å². The fraction of sp³-hybridized carbons (Fsp3) is 0.692. The minimum absolute atomic E-state index is 0.145. The summed E-state index contributed by atoms with van der Waals surface area (Å²) in [6, 6.07) is 0. The smallest absolute Gasteiger partial charge is 0.0678 e. The molecule has 0 heterocycles. The molecule has 0 aromatic heterocycles. The van der Waals surface area contributed by atoms with Gasteiger partial charge in [-0.1, -0.05) is 24.3 Å². The molecule has 0 aromatic carbocycles. The molecule has 0 N–H and O–H groups in total. The molecular formula is C13H24O2. The van der Waals surface area contributed by atoms with Crippen LogP contribution in [-0.2, 0) is 9.47 Å². The fourth-order valence-electron chi connectivity index (χ4n) is 0.955. The molecule has 0 aliphatic carbocycles. The summed E-state index contributed by atoms with van der Waals surface area (Å²) < 4.78 is 11.1. The van der Waals surface area contributed by atoms with Crippen molar-refractivity contribution in [2.45, 2.75) is 39.7 Å². The Bertz CT molecular complexity index is 217. The van der Waals surface area contributed by atoms with Gasteiger partial charge in [-0.25, -0.2) is 0 Å². The highest BCUT2D eigenvalue weighted by molar-refractivity contribution is 4.89. The summed E-state index contributed by atoms with van der Waals surface area (Å²) in [5.74, 6) is 0. The van der Waals surface area contributed by atoms with Gasteiger partial charge in [0.05, 0.1) is 18.8 Å². The molecule has 15 heavy (non-hydrogen) atoms. The maximum absolute atomic E-state index is 5.70. The molecule has 0 spiro atoms. The second kappa shape index (κ2) is 6.81. The largest absolute Gasteiger partial charge is 0.377 e. The Balaban J connectivity index is 3.64. The first-order valence-corrected chi connectivity index (χ1v) is 5.34. The van der Waals surface area contributed by atoms with Crippen LogP contribution in [-0.4, -0.2) is 25.4 Å². The highest BCUT2D eigenvalue weighted by atomic mass is 16.5. The maximum atomic E-state index is 5.70. The topological polar surface area (TPSA) is 18.5 Å². The highest BCUT2D eigenvalue weighted by Crippen LogP contribution is 2.15. The van der Waals surface area contributed by atoms with Crippen molar-refractivity contribution in [2.75, 3.05) is 19.8 Å². The molecule has 0 unspecified atom stereocenters. The van der Waals surface area contributed by atoms with Gasteiger partial charge < -0.3 is 9.47 Å². The zero-order valence-corrected chi connectivity index (χ0v) is 10.6. The molecule has 0 radical (unpaired) electrons. The Morgan fingerprint density at radius 3 is 2.07 bits per heavy atom. The van der Waals surface area contributed by atoms with E-state index < -0.39 is 0 Å². The molecule has 0 aliphatic rings. The van der Waals surface area contributed by atoms with Gasteiger partial charge in [0.2, 0.25) is 0 Å². The van der Waals surface area contributed by atoms with Crippen LogP contribution in [0.2, 0.25) is 0 Å². The van der Waals surface area contributed by atoms with Crippen molar-refractivity contribution in [3.63, 3.8) is 0 Å². The molecule has 0 saturated carbocycles. The number of hydrogen-bond donors (Lipinski definition) is 0. The van der Waals surface area contributed by atoms with Crippen LogP contribution in [0.15, 0.2) is 24.3 Å². The molecule has 2 heteroatoms. The van der Waals surface area contributed by atoms with Crippen molar-refractivity contribution in [2.24, 2.45) is 0 Å². The van der Waals surface area contributed by atoms with E-state index in [1.54, 1.807) is 0 Å². The summed E-state index contributed by atoms with van der Waals surface area (Å²) in [7, 11) is 0. The minimum Gasteiger partial charge on any atom is -0.377 e. The van der Waals surface area contributed by atoms with Gasteiger partial charge in [-0.3, -0.25) is 0 Å². The zero-order valence-electron chi connectivity index (χ0n) is 10.6. The molecule has 0 rings (SSSR count). The highest BCUT2D eigenvalue weighted by Gasteiger charge is 2.17. The lowest BCUT2D eigenvalue weighted by Gasteiger charge is -2.25. The quantitative estimate of drug-likeness (QED) is 0.454. The van der Waals surface area contributed by atoms with Gasteiger partial charge in [-0.2, -0.15) is 0 Å². The van der Waals surface area contributed by atoms with Gasteiger partial charge in [-0.05, 0) is 34.1 Å². The standard InChI is InChI=1S/C13H24O2/c1-11(2)9-14-8-7-13(5,6)15-10-12(3)4/h1,3,7-10H2,2,4-6H3. The summed E-state index contributed by atoms with van der Waals surface area (Å²) in [5, 5.41) is 0. The van der Waals surface area contributed by atoms with Crippen molar-refractivity contribution in [1.29, 1.82) is 0 Å². The van der Waals surface area contributed by atoms with Crippen molar-refractivity contribution >= 4 is 0 Å². The normalized spacial score (nSPS) is 11.5. The monoisotopic (exact) mass is 212 g/mol. The molecule has 0 aromatic rings. The van der Waals surface area contributed by atoms with Crippen molar-refractivity contribution < 1.29 is 9.47 Å². The number of hydrogen-bond acceptors (Lipinski definition) is 2. The van der Waals surface area contributed by atoms with Crippen molar-refractivity contribution in [1.82, 2.24) is 0 Å². The molecular weight excluding hydrogens is 188 g/mol. The van der Waals surface area contributed by atoms with E-state index in [9.17, 15) is 0 Å². The van der Waals surface area contributed by atoms with E-state index in [2.05, 4.69) is 27.0 Å². The summed E-state index contributed by atoms with van der Waals surface area (Å²) in [4.78, 5) is 0. The van der Waals surface area contributed by atoms with Gasteiger partial charge in [0.1, 0.15) is 0 Å². The van der Waals surface area contributed by atoms with Crippen LogP contribution in [0.1, 0.15) is 34.1 Å². The predicted octanol–water partition coefficient (Wildman–Crippen LogP) is 3.34. The van der Waals surface area contributed by atoms with Crippen molar-refractivity contribution in [3.8, 4) is 0 Å². The predicted molar refractivity (Wildman–Crippen MR) is 65.1 cm³/mol. The van der Waals surface area contributed by atoms with E-state index in [-0.39, 0.29) is 5.60 Å². The van der Waals surface area contributed by atoms with E-state index >= 15 is 0 Å². The summed E-state index contributed by atoms with van der Waals surface area (Å²) in [6.07, 6.45) is 0.883. The van der Waals surface area contributed by atoms with E-state index in [1.807, 2.05) is 13.8 Å². The van der Waals surface area contributed by atoms with Crippen LogP contribution in [0.5, 0.6) is 0 Å². The lowest BCUT2D eigenvalue weighted by molar-refractivity contribution is -0.0283. The van der Waals surface area contributed by atoms with Crippen molar-refractivity contribution in [3.05, 3.63) is 24.3 Å². The second-order valence-corrected chi connectivity index (χ2v) is 4.77. The third-order valence-corrected chi connectivity index (χ3v) is 1.91. The molecule has 0 atom stereocenters. The second-order valence-electron chi connectivity index (χ2n) is 4.77. The first-order valence-electron chi connectivity index (χ1n) is 5.34. The first-order chi connectivity index (χ1) is 6.83. The molecule has 0 bridgehead atoms. The van der Waals surface area contributed by atoms with Gasteiger partial charge in [0, 0.05) is 6.61 Å². The van der Waals surface area contributed by atoms with Gasteiger partial charge in [-0.15, -0.1) is 0 Å². The third-order valence-electron chi connectivity index (χ3n) is 1.91. The van der Waals surface area contributed by atoms with Crippen LogP contribution in [0, 0.1) is 0 Å².